The van der Waals surface area contributed by atoms with Gasteiger partial charge in [0.25, 0.3) is 0 Å². The molecule has 0 amide bonds. The number of aromatic nitrogens is 1. The number of hydrogen-bond acceptors (Lipinski definition) is 4. The van der Waals surface area contributed by atoms with Crippen LogP contribution in [0.4, 0.5) is 11.5 Å². The Bertz CT molecular complexity index is 460. The maximum atomic E-state index is 11.0. The second-order valence-electron chi connectivity index (χ2n) is 5.06. The first-order valence-corrected chi connectivity index (χ1v) is 6.27. The van der Waals surface area contributed by atoms with E-state index < -0.39 is 5.97 Å². The number of rotatable bonds is 3. The summed E-state index contributed by atoms with van der Waals surface area (Å²) in [5.74, 6) is 0.102. The van der Waals surface area contributed by atoms with Gasteiger partial charge in [0.05, 0.1) is 5.69 Å². The van der Waals surface area contributed by atoms with E-state index in [4.69, 9.17) is 10.8 Å². The van der Waals surface area contributed by atoms with Crippen LogP contribution in [0.3, 0.4) is 0 Å². The van der Waals surface area contributed by atoms with E-state index in [1.165, 1.54) is 6.07 Å². The molecule has 98 valence electrons. The molecule has 0 spiro atoms. The van der Waals surface area contributed by atoms with Crippen LogP contribution >= 0.6 is 0 Å². The van der Waals surface area contributed by atoms with Gasteiger partial charge in [-0.25, -0.2) is 9.78 Å². The third-order valence-electron chi connectivity index (χ3n) is 3.47. The van der Waals surface area contributed by atoms with Gasteiger partial charge in [-0.15, -0.1) is 0 Å². The van der Waals surface area contributed by atoms with Gasteiger partial charge in [-0.05, 0) is 30.9 Å². The van der Waals surface area contributed by atoms with Gasteiger partial charge in [0, 0.05) is 12.6 Å². The number of carboxylic acid groups (broad SMARTS) is 1. The molecule has 18 heavy (non-hydrogen) atoms. The second kappa shape index (κ2) is 4.84. The van der Waals surface area contributed by atoms with Crippen LogP contribution in [0.25, 0.3) is 0 Å². The molecule has 3 N–H and O–H groups in total. The average molecular weight is 249 g/mol. The van der Waals surface area contributed by atoms with E-state index >= 15 is 0 Å². The highest BCUT2D eigenvalue weighted by molar-refractivity contribution is 5.87. The smallest absolute Gasteiger partial charge is 0.354 e. The Hall–Kier alpha value is -1.78. The van der Waals surface area contributed by atoms with Crippen LogP contribution in [0.15, 0.2) is 12.1 Å². The van der Waals surface area contributed by atoms with Crippen molar-refractivity contribution in [3.8, 4) is 0 Å². The third kappa shape index (κ3) is 2.25. The van der Waals surface area contributed by atoms with Gasteiger partial charge in [0.1, 0.15) is 0 Å². The SMILES string of the molecule is CC(C)C1CCCN1c1nc(C(=O)O)ccc1N. The number of nitrogen functional groups attached to an aromatic ring is 1. The molecule has 5 heteroatoms. The standard InChI is InChI=1S/C13H19N3O2/c1-8(2)11-4-3-7-16(11)12-9(14)5-6-10(15-12)13(17)18/h5-6,8,11H,3-4,7,14H2,1-2H3,(H,17,18). The van der Waals surface area contributed by atoms with E-state index in [1.54, 1.807) is 6.07 Å². The molecule has 1 aliphatic heterocycles. The van der Waals surface area contributed by atoms with Crippen molar-refractivity contribution < 1.29 is 9.90 Å². The maximum Gasteiger partial charge on any atom is 0.354 e. The van der Waals surface area contributed by atoms with Gasteiger partial charge >= 0.3 is 5.97 Å². The zero-order valence-electron chi connectivity index (χ0n) is 10.8. The van der Waals surface area contributed by atoms with Crippen molar-refractivity contribution in [2.75, 3.05) is 17.2 Å². The van der Waals surface area contributed by atoms with Gasteiger partial charge < -0.3 is 15.7 Å². The molecule has 1 aliphatic rings. The average Bonchev–Trinajstić information content (AvgIpc) is 2.78. The molecule has 1 unspecified atom stereocenters. The van der Waals surface area contributed by atoms with E-state index in [0.717, 1.165) is 19.4 Å². The molecular formula is C13H19N3O2. The number of hydrogen-bond donors (Lipinski definition) is 2. The van der Waals surface area contributed by atoms with Crippen LogP contribution in [-0.2, 0) is 0 Å². The minimum atomic E-state index is -1.02. The van der Waals surface area contributed by atoms with Crippen LogP contribution in [-0.4, -0.2) is 28.6 Å². The summed E-state index contributed by atoms with van der Waals surface area (Å²) in [6, 6.07) is 3.46. The second-order valence-corrected chi connectivity index (χ2v) is 5.06. The number of pyridine rings is 1. The zero-order chi connectivity index (χ0) is 13.3. The lowest BCUT2D eigenvalue weighted by atomic mass is 10.0. The van der Waals surface area contributed by atoms with Crippen molar-refractivity contribution in [3.63, 3.8) is 0 Å². The number of nitrogens with two attached hydrogens (primary N) is 1. The fraction of sp³-hybridized carbons (Fsp3) is 0.538. The topological polar surface area (TPSA) is 79.5 Å². The Morgan fingerprint density at radius 1 is 1.56 bits per heavy atom. The lowest BCUT2D eigenvalue weighted by Crippen LogP contribution is -2.34. The number of carboxylic acids is 1. The van der Waals surface area contributed by atoms with E-state index in [0.29, 0.717) is 23.5 Å². The van der Waals surface area contributed by atoms with E-state index in [9.17, 15) is 4.79 Å². The van der Waals surface area contributed by atoms with Gasteiger partial charge in [0.15, 0.2) is 11.5 Å². The Kier molecular flexibility index (Phi) is 3.41. The third-order valence-corrected chi connectivity index (χ3v) is 3.47. The van der Waals surface area contributed by atoms with Gasteiger partial charge in [-0.1, -0.05) is 13.8 Å². The summed E-state index contributed by atoms with van der Waals surface area (Å²) in [5, 5.41) is 9.00. The van der Waals surface area contributed by atoms with Gasteiger partial charge in [0.2, 0.25) is 0 Å². The molecule has 1 atom stereocenters. The molecule has 0 aromatic carbocycles. The van der Waals surface area contributed by atoms with Crippen molar-refractivity contribution in [2.45, 2.75) is 32.7 Å². The molecule has 1 aromatic rings. The quantitative estimate of drug-likeness (QED) is 0.856. The highest BCUT2D eigenvalue weighted by Crippen LogP contribution is 2.32. The lowest BCUT2D eigenvalue weighted by molar-refractivity contribution is 0.0690. The van der Waals surface area contributed by atoms with Crippen LogP contribution in [0.5, 0.6) is 0 Å². The first kappa shape index (κ1) is 12.7. The molecule has 0 bridgehead atoms. The normalized spacial score (nSPS) is 19.5. The van der Waals surface area contributed by atoms with Crippen molar-refractivity contribution in [2.24, 2.45) is 5.92 Å². The fourth-order valence-corrected chi connectivity index (χ4v) is 2.56. The summed E-state index contributed by atoms with van der Waals surface area (Å²) in [5.41, 5.74) is 6.53. The van der Waals surface area contributed by atoms with Crippen LogP contribution in [0.1, 0.15) is 37.2 Å². The molecular weight excluding hydrogens is 230 g/mol. The van der Waals surface area contributed by atoms with Crippen LogP contribution in [0, 0.1) is 5.92 Å². The minimum Gasteiger partial charge on any atom is -0.477 e. The van der Waals surface area contributed by atoms with Gasteiger partial charge in [-0.2, -0.15) is 0 Å². The Balaban J connectivity index is 2.37. The van der Waals surface area contributed by atoms with Crippen molar-refractivity contribution in [1.82, 2.24) is 4.98 Å². The molecule has 2 rings (SSSR count). The van der Waals surface area contributed by atoms with E-state index in [1.807, 2.05) is 0 Å². The predicted octanol–water partition coefficient (Wildman–Crippen LogP) is 1.99. The predicted molar refractivity (Wildman–Crippen MR) is 70.8 cm³/mol. The number of aromatic carboxylic acids is 1. The molecule has 0 saturated carbocycles. The summed E-state index contributed by atoms with van der Waals surface area (Å²) in [6.07, 6.45) is 2.21. The first-order chi connectivity index (χ1) is 8.50. The summed E-state index contributed by atoms with van der Waals surface area (Å²) < 4.78 is 0. The molecule has 0 radical (unpaired) electrons. The molecule has 1 aromatic heterocycles. The summed E-state index contributed by atoms with van der Waals surface area (Å²) in [4.78, 5) is 17.3. The highest BCUT2D eigenvalue weighted by Gasteiger charge is 2.29. The monoisotopic (exact) mass is 249 g/mol. The number of anilines is 2. The Morgan fingerprint density at radius 3 is 2.89 bits per heavy atom. The van der Waals surface area contributed by atoms with E-state index in [-0.39, 0.29) is 5.69 Å². The summed E-state index contributed by atoms with van der Waals surface area (Å²) in [6.45, 7) is 5.23. The zero-order valence-corrected chi connectivity index (χ0v) is 10.8. The minimum absolute atomic E-state index is 0.0496. The molecule has 1 saturated heterocycles. The molecule has 1 fully saturated rings. The van der Waals surface area contributed by atoms with Crippen LogP contribution in [0.2, 0.25) is 0 Å². The largest absolute Gasteiger partial charge is 0.477 e. The fourth-order valence-electron chi connectivity index (χ4n) is 2.56. The van der Waals surface area contributed by atoms with Crippen molar-refractivity contribution in [1.29, 1.82) is 0 Å². The number of carbonyl (C=O) groups is 1. The van der Waals surface area contributed by atoms with Crippen molar-refractivity contribution in [3.05, 3.63) is 17.8 Å². The highest BCUT2D eigenvalue weighted by atomic mass is 16.4. The van der Waals surface area contributed by atoms with E-state index in [2.05, 4.69) is 23.7 Å². The maximum absolute atomic E-state index is 11.0. The molecule has 0 aliphatic carbocycles. The number of nitrogens with zero attached hydrogens (tertiary/aromatic N) is 2. The summed E-state index contributed by atoms with van der Waals surface area (Å²) in [7, 11) is 0. The Labute approximate surface area is 107 Å². The van der Waals surface area contributed by atoms with Crippen LogP contribution < -0.4 is 10.6 Å². The summed E-state index contributed by atoms with van der Waals surface area (Å²) >= 11 is 0. The molecule has 2 heterocycles. The van der Waals surface area contributed by atoms with Crippen molar-refractivity contribution >= 4 is 17.5 Å². The first-order valence-electron chi connectivity index (χ1n) is 6.27. The Morgan fingerprint density at radius 2 is 2.28 bits per heavy atom. The van der Waals surface area contributed by atoms with Gasteiger partial charge in [-0.3, -0.25) is 0 Å². The molecule has 5 nitrogen and oxygen atoms in total. The lowest BCUT2D eigenvalue weighted by Gasteiger charge is -2.29.